The topological polar surface area (TPSA) is 74.3 Å². The van der Waals surface area contributed by atoms with Crippen molar-refractivity contribution in [3.8, 4) is 0 Å². The molecule has 0 unspecified atom stereocenters. The molecule has 0 N–H and O–H groups in total. The Morgan fingerprint density at radius 3 is 2.00 bits per heavy atom. The molecule has 5 saturated carbocycles. The first-order valence-corrected chi connectivity index (χ1v) is 12.1. The number of amides is 1. The van der Waals surface area contributed by atoms with E-state index in [-0.39, 0.29) is 11.7 Å². The number of piperidine rings is 1. The molecule has 2 saturated heterocycles. The lowest BCUT2D eigenvalue weighted by Gasteiger charge is -2.60. The van der Waals surface area contributed by atoms with Crippen LogP contribution in [-0.4, -0.2) is 41.3 Å². The van der Waals surface area contributed by atoms with Gasteiger partial charge < -0.3 is 4.90 Å². The standard InChI is InChI=1S/C23H33NO6/c25-20-3-7-24(8-4-20)21(26)14-15-1-5-22(6-2-15)27-29-23(30-28-22)18-10-16-9-17(12-18)13-19(23)11-16/h15-19H,1-14H2. The van der Waals surface area contributed by atoms with Gasteiger partial charge in [-0.1, -0.05) is 0 Å². The summed E-state index contributed by atoms with van der Waals surface area (Å²) in [6, 6.07) is 0. The fourth-order valence-electron chi connectivity index (χ4n) is 7.29. The first-order valence-electron chi connectivity index (χ1n) is 12.1. The van der Waals surface area contributed by atoms with Crippen molar-refractivity contribution in [2.45, 2.75) is 88.6 Å². The second-order valence-corrected chi connectivity index (χ2v) is 10.8. The van der Waals surface area contributed by atoms with Crippen LogP contribution in [0, 0.1) is 29.6 Å². The van der Waals surface area contributed by atoms with E-state index in [0.29, 0.717) is 62.9 Å². The van der Waals surface area contributed by atoms with Crippen molar-refractivity contribution in [1.82, 2.24) is 4.90 Å². The summed E-state index contributed by atoms with van der Waals surface area (Å²) in [4.78, 5) is 50.0. The third-order valence-electron chi connectivity index (χ3n) is 8.93. The summed E-state index contributed by atoms with van der Waals surface area (Å²) in [5.74, 6) is 1.67. The Balaban J connectivity index is 1.02. The molecule has 2 spiro atoms. The zero-order chi connectivity index (χ0) is 20.3. The van der Waals surface area contributed by atoms with Gasteiger partial charge in [-0.2, -0.15) is 19.6 Å². The lowest BCUT2D eigenvalue weighted by atomic mass is 9.53. The average molecular weight is 420 g/mol. The van der Waals surface area contributed by atoms with Crippen LogP contribution in [0.1, 0.15) is 77.0 Å². The van der Waals surface area contributed by atoms with Gasteiger partial charge in [0.2, 0.25) is 17.5 Å². The highest BCUT2D eigenvalue weighted by molar-refractivity contribution is 5.83. The van der Waals surface area contributed by atoms with Crippen LogP contribution >= 0.6 is 0 Å². The number of carbonyl (C=O) groups is 2. The highest BCUT2D eigenvalue weighted by Gasteiger charge is 2.64. The van der Waals surface area contributed by atoms with Crippen LogP contribution < -0.4 is 0 Å². The number of ketones is 1. The highest BCUT2D eigenvalue weighted by atomic mass is 17.4. The molecule has 2 heterocycles. The minimum absolute atomic E-state index is 0.175. The van der Waals surface area contributed by atoms with E-state index in [1.807, 2.05) is 4.90 Å². The minimum Gasteiger partial charge on any atom is -0.342 e. The molecular formula is C23H33NO6. The fraction of sp³-hybridized carbons (Fsp3) is 0.913. The Bertz CT molecular complexity index is 664. The molecule has 2 aliphatic heterocycles. The molecule has 7 aliphatic rings. The third-order valence-corrected chi connectivity index (χ3v) is 8.93. The zero-order valence-electron chi connectivity index (χ0n) is 17.7. The molecule has 7 rings (SSSR count). The maximum absolute atomic E-state index is 12.6. The van der Waals surface area contributed by atoms with Crippen LogP contribution in [0.15, 0.2) is 0 Å². The van der Waals surface area contributed by atoms with Crippen molar-refractivity contribution < 1.29 is 29.1 Å². The molecule has 4 bridgehead atoms. The number of hydrogen-bond donors (Lipinski definition) is 0. The Hall–Kier alpha value is -1.02. The largest absolute Gasteiger partial charge is 0.342 e. The summed E-state index contributed by atoms with van der Waals surface area (Å²) in [7, 11) is 0. The van der Waals surface area contributed by atoms with Gasteiger partial charge in [-0.15, -0.1) is 0 Å². The first-order chi connectivity index (χ1) is 14.5. The number of hydrogen-bond acceptors (Lipinski definition) is 6. The molecule has 30 heavy (non-hydrogen) atoms. The van der Waals surface area contributed by atoms with Crippen molar-refractivity contribution in [3.05, 3.63) is 0 Å². The van der Waals surface area contributed by atoms with E-state index in [1.54, 1.807) is 0 Å². The third kappa shape index (κ3) is 3.24. The molecule has 0 radical (unpaired) electrons. The predicted octanol–water partition coefficient (Wildman–Crippen LogP) is 3.52. The van der Waals surface area contributed by atoms with E-state index in [0.717, 1.165) is 24.7 Å². The average Bonchev–Trinajstić information content (AvgIpc) is 2.75. The van der Waals surface area contributed by atoms with Crippen LogP contribution in [0.5, 0.6) is 0 Å². The van der Waals surface area contributed by atoms with Crippen LogP contribution in [0.3, 0.4) is 0 Å². The van der Waals surface area contributed by atoms with Gasteiger partial charge in [0.25, 0.3) is 0 Å². The Kier molecular flexibility index (Phi) is 4.75. The number of rotatable bonds is 2. The summed E-state index contributed by atoms with van der Waals surface area (Å²) in [5.41, 5.74) is 0. The van der Waals surface area contributed by atoms with Crippen LogP contribution in [0.4, 0.5) is 0 Å². The second-order valence-electron chi connectivity index (χ2n) is 10.8. The number of likely N-dealkylation sites (tertiary alicyclic amines) is 1. The normalized spacial score (nSPS) is 47.9. The van der Waals surface area contributed by atoms with Crippen molar-refractivity contribution >= 4 is 11.7 Å². The number of carbonyl (C=O) groups excluding carboxylic acids is 2. The molecule has 0 atom stereocenters. The van der Waals surface area contributed by atoms with Crippen molar-refractivity contribution in [3.63, 3.8) is 0 Å². The maximum Gasteiger partial charge on any atom is 0.239 e. The molecular weight excluding hydrogens is 386 g/mol. The van der Waals surface area contributed by atoms with Gasteiger partial charge in [-0.05, 0) is 62.7 Å². The van der Waals surface area contributed by atoms with E-state index >= 15 is 0 Å². The monoisotopic (exact) mass is 419 g/mol. The Morgan fingerprint density at radius 2 is 1.43 bits per heavy atom. The minimum atomic E-state index is -0.822. The van der Waals surface area contributed by atoms with Gasteiger partial charge in [0.15, 0.2) is 0 Å². The Morgan fingerprint density at radius 1 is 0.867 bits per heavy atom. The SMILES string of the molecule is O=C1CCN(C(=O)CC2CCC3(CC2)OOC2(OO3)C3CC4CC(C3)CC2C4)CC1. The molecule has 166 valence electrons. The Labute approximate surface area is 177 Å². The zero-order valence-corrected chi connectivity index (χ0v) is 17.7. The van der Waals surface area contributed by atoms with E-state index in [2.05, 4.69) is 0 Å². The molecule has 1 amide bonds. The van der Waals surface area contributed by atoms with Gasteiger partial charge in [-0.3, -0.25) is 9.59 Å². The van der Waals surface area contributed by atoms with Gasteiger partial charge >= 0.3 is 0 Å². The summed E-state index contributed by atoms with van der Waals surface area (Å²) >= 11 is 0. The van der Waals surface area contributed by atoms with Crippen LogP contribution in [0.2, 0.25) is 0 Å². The van der Waals surface area contributed by atoms with Gasteiger partial charge in [0.1, 0.15) is 5.78 Å². The molecule has 0 aromatic rings. The summed E-state index contributed by atoms with van der Waals surface area (Å²) < 4.78 is 0. The van der Waals surface area contributed by atoms with Gasteiger partial charge in [0, 0.05) is 57.0 Å². The lowest BCUT2D eigenvalue weighted by molar-refractivity contribution is -0.680. The quantitative estimate of drug-likeness (QED) is 0.638. The molecule has 0 aromatic carbocycles. The predicted molar refractivity (Wildman–Crippen MR) is 104 cm³/mol. The van der Waals surface area contributed by atoms with Crippen molar-refractivity contribution in [1.29, 1.82) is 0 Å². The number of Topliss-reactive ketones (excluding diaryl/α,β-unsaturated/α-hetero) is 1. The van der Waals surface area contributed by atoms with Gasteiger partial charge in [0.05, 0.1) is 0 Å². The van der Waals surface area contributed by atoms with Crippen molar-refractivity contribution in [2.75, 3.05) is 13.1 Å². The van der Waals surface area contributed by atoms with Crippen LogP contribution in [-0.2, 0) is 29.1 Å². The molecule has 7 nitrogen and oxygen atoms in total. The summed E-state index contributed by atoms with van der Waals surface area (Å²) in [6.45, 7) is 1.16. The van der Waals surface area contributed by atoms with Crippen LogP contribution in [0.25, 0.3) is 0 Å². The molecule has 7 heteroatoms. The lowest BCUT2D eigenvalue weighted by Crippen LogP contribution is -2.64. The highest BCUT2D eigenvalue weighted by Crippen LogP contribution is 2.61. The first kappa shape index (κ1) is 19.6. The van der Waals surface area contributed by atoms with E-state index in [9.17, 15) is 9.59 Å². The van der Waals surface area contributed by atoms with Crippen molar-refractivity contribution in [2.24, 2.45) is 29.6 Å². The van der Waals surface area contributed by atoms with E-state index < -0.39 is 11.6 Å². The molecule has 5 aliphatic carbocycles. The maximum atomic E-state index is 12.6. The second kappa shape index (κ2) is 7.26. The van der Waals surface area contributed by atoms with E-state index in [4.69, 9.17) is 19.6 Å². The fourth-order valence-corrected chi connectivity index (χ4v) is 7.29. The number of nitrogens with zero attached hydrogens (tertiary/aromatic N) is 1. The molecule has 7 fully saturated rings. The summed E-state index contributed by atoms with van der Waals surface area (Å²) in [5, 5.41) is 0. The summed E-state index contributed by atoms with van der Waals surface area (Å²) in [6.07, 6.45) is 10.7. The van der Waals surface area contributed by atoms with Gasteiger partial charge in [-0.25, -0.2) is 0 Å². The molecule has 0 aromatic heterocycles. The van der Waals surface area contributed by atoms with E-state index in [1.165, 1.54) is 32.1 Å². The smallest absolute Gasteiger partial charge is 0.239 e.